The van der Waals surface area contributed by atoms with Gasteiger partial charge in [-0.1, -0.05) is 36.8 Å². The van der Waals surface area contributed by atoms with Crippen LogP contribution < -0.4 is 5.32 Å². The molecule has 1 aromatic rings. The van der Waals surface area contributed by atoms with Crippen molar-refractivity contribution in [3.05, 3.63) is 35.9 Å². The van der Waals surface area contributed by atoms with Gasteiger partial charge in [0.25, 0.3) is 0 Å². The summed E-state index contributed by atoms with van der Waals surface area (Å²) in [4.78, 5) is 11.8. The topological polar surface area (TPSA) is 38.3 Å². The summed E-state index contributed by atoms with van der Waals surface area (Å²) >= 11 is 0. The molecule has 0 aromatic heterocycles. The Kier molecular flexibility index (Phi) is 4.76. The van der Waals surface area contributed by atoms with Gasteiger partial charge >= 0.3 is 5.97 Å². The summed E-state index contributed by atoms with van der Waals surface area (Å²) in [5.74, 6) is -0.00535. The van der Waals surface area contributed by atoms with Crippen LogP contribution in [0, 0.1) is 5.92 Å². The van der Waals surface area contributed by atoms with Crippen LogP contribution in [0.4, 0.5) is 0 Å². The third-order valence-corrected chi connectivity index (χ3v) is 3.52. The molecular formula is C15H21NO2. The molecule has 1 N–H and O–H groups in total. The molecular weight excluding hydrogens is 226 g/mol. The summed E-state index contributed by atoms with van der Waals surface area (Å²) in [6, 6.07) is 10.6. The standard InChI is InChI=1S/C15H21NO2/c1-2-18-15(17)13-9-6-10-14(13)16-11-12-7-4-3-5-8-12/h3-5,7-8,13-14,16H,2,6,9-11H2,1H3/t13-,14+/m1/s1. The van der Waals surface area contributed by atoms with Crippen LogP contribution in [0.3, 0.4) is 0 Å². The number of benzene rings is 1. The summed E-state index contributed by atoms with van der Waals surface area (Å²) in [6.45, 7) is 3.15. The number of carbonyl (C=O) groups excluding carboxylic acids is 1. The molecule has 2 atom stereocenters. The maximum absolute atomic E-state index is 11.8. The van der Waals surface area contributed by atoms with Crippen molar-refractivity contribution in [2.75, 3.05) is 6.61 Å². The zero-order valence-electron chi connectivity index (χ0n) is 10.9. The van der Waals surface area contributed by atoms with E-state index in [2.05, 4.69) is 17.4 Å². The van der Waals surface area contributed by atoms with E-state index in [0.29, 0.717) is 6.61 Å². The Morgan fingerprint density at radius 2 is 2.11 bits per heavy atom. The molecule has 1 aliphatic rings. The highest BCUT2D eigenvalue weighted by Crippen LogP contribution is 2.27. The van der Waals surface area contributed by atoms with Crippen LogP contribution in [0.5, 0.6) is 0 Å². The van der Waals surface area contributed by atoms with Crippen molar-refractivity contribution in [3.63, 3.8) is 0 Å². The van der Waals surface area contributed by atoms with Gasteiger partial charge in [-0.05, 0) is 25.3 Å². The molecule has 0 saturated heterocycles. The lowest BCUT2D eigenvalue weighted by Crippen LogP contribution is -2.36. The van der Waals surface area contributed by atoms with E-state index in [1.54, 1.807) is 0 Å². The van der Waals surface area contributed by atoms with Crippen molar-refractivity contribution in [1.82, 2.24) is 5.32 Å². The van der Waals surface area contributed by atoms with E-state index in [0.717, 1.165) is 25.8 Å². The molecule has 0 bridgehead atoms. The van der Waals surface area contributed by atoms with E-state index in [4.69, 9.17) is 4.74 Å². The average molecular weight is 247 g/mol. The van der Waals surface area contributed by atoms with Crippen LogP contribution in [-0.4, -0.2) is 18.6 Å². The number of nitrogens with one attached hydrogen (secondary N) is 1. The zero-order valence-corrected chi connectivity index (χ0v) is 10.9. The Balaban J connectivity index is 1.86. The normalized spacial score (nSPS) is 22.9. The molecule has 0 spiro atoms. The summed E-state index contributed by atoms with van der Waals surface area (Å²) in [5.41, 5.74) is 1.26. The van der Waals surface area contributed by atoms with Gasteiger partial charge < -0.3 is 10.1 Å². The van der Waals surface area contributed by atoms with Gasteiger partial charge in [0.15, 0.2) is 0 Å². The number of hydrogen-bond acceptors (Lipinski definition) is 3. The highest BCUT2D eigenvalue weighted by atomic mass is 16.5. The van der Waals surface area contributed by atoms with E-state index in [-0.39, 0.29) is 17.9 Å². The number of ether oxygens (including phenoxy) is 1. The second-order valence-corrected chi connectivity index (χ2v) is 4.76. The predicted molar refractivity (Wildman–Crippen MR) is 71.0 cm³/mol. The first-order valence-corrected chi connectivity index (χ1v) is 6.75. The number of esters is 1. The minimum atomic E-state index is -0.0411. The predicted octanol–water partition coefficient (Wildman–Crippen LogP) is 2.51. The Labute approximate surface area is 109 Å². The first-order chi connectivity index (χ1) is 8.81. The molecule has 1 saturated carbocycles. The number of hydrogen-bond donors (Lipinski definition) is 1. The van der Waals surface area contributed by atoms with E-state index in [1.165, 1.54) is 5.56 Å². The third-order valence-electron chi connectivity index (χ3n) is 3.52. The Morgan fingerprint density at radius 3 is 2.83 bits per heavy atom. The SMILES string of the molecule is CCOC(=O)[C@@H]1CCC[C@@H]1NCc1ccccc1. The summed E-state index contributed by atoms with van der Waals surface area (Å²) in [6.07, 6.45) is 3.12. The summed E-state index contributed by atoms with van der Waals surface area (Å²) in [7, 11) is 0. The molecule has 1 fully saturated rings. The summed E-state index contributed by atoms with van der Waals surface area (Å²) in [5, 5.41) is 3.49. The molecule has 0 aliphatic heterocycles. The molecule has 2 rings (SSSR count). The van der Waals surface area contributed by atoms with Crippen molar-refractivity contribution in [1.29, 1.82) is 0 Å². The fourth-order valence-corrected chi connectivity index (χ4v) is 2.58. The van der Waals surface area contributed by atoms with Gasteiger partial charge in [0, 0.05) is 12.6 Å². The maximum Gasteiger partial charge on any atom is 0.310 e. The number of rotatable bonds is 5. The molecule has 1 aromatic carbocycles. The minimum Gasteiger partial charge on any atom is -0.466 e. The lowest BCUT2D eigenvalue weighted by molar-refractivity contribution is -0.148. The van der Waals surface area contributed by atoms with E-state index >= 15 is 0 Å². The third kappa shape index (κ3) is 3.33. The Morgan fingerprint density at radius 1 is 1.33 bits per heavy atom. The van der Waals surface area contributed by atoms with Crippen molar-refractivity contribution in [2.24, 2.45) is 5.92 Å². The maximum atomic E-state index is 11.8. The zero-order chi connectivity index (χ0) is 12.8. The minimum absolute atomic E-state index is 0.0358. The first kappa shape index (κ1) is 13.1. The van der Waals surface area contributed by atoms with Crippen molar-refractivity contribution >= 4 is 5.97 Å². The second kappa shape index (κ2) is 6.55. The van der Waals surface area contributed by atoms with Crippen LogP contribution in [0.15, 0.2) is 30.3 Å². The van der Waals surface area contributed by atoms with Gasteiger partial charge in [0.2, 0.25) is 0 Å². The average Bonchev–Trinajstić information content (AvgIpc) is 2.86. The van der Waals surface area contributed by atoms with Crippen molar-refractivity contribution in [3.8, 4) is 0 Å². The van der Waals surface area contributed by atoms with Crippen molar-refractivity contribution < 1.29 is 9.53 Å². The van der Waals surface area contributed by atoms with Crippen LogP contribution in [0.25, 0.3) is 0 Å². The molecule has 0 heterocycles. The van der Waals surface area contributed by atoms with E-state index in [1.807, 2.05) is 25.1 Å². The van der Waals surface area contributed by atoms with Crippen LogP contribution in [0.1, 0.15) is 31.7 Å². The van der Waals surface area contributed by atoms with Crippen molar-refractivity contribution in [2.45, 2.75) is 38.8 Å². The largest absolute Gasteiger partial charge is 0.466 e. The molecule has 18 heavy (non-hydrogen) atoms. The monoisotopic (exact) mass is 247 g/mol. The fourth-order valence-electron chi connectivity index (χ4n) is 2.58. The fraction of sp³-hybridized carbons (Fsp3) is 0.533. The molecule has 0 unspecified atom stereocenters. The van der Waals surface area contributed by atoms with Crippen LogP contribution in [-0.2, 0) is 16.1 Å². The van der Waals surface area contributed by atoms with Gasteiger partial charge in [-0.25, -0.2) is 0 Å². The Bertz CT molecular complexity index is 377. The van der Waals surface area contributed by atoms with Gasteiger partial charge in [-0.15, -0.1) is 0 Å². The van der Waals surface area contributed by atoms with Gasteiger partial charge in [-0.2, -0.15) is 0 Å². The lowest BCUT2D eigenvalue weighted by Gasteiger charge is -2.19. The van der Waals surface area contributed by atoms with Gasteiger partial charge in [0.05, 0.1) is 12.5 Å². The molecule has 3 nitrogen and oxygen atoms in total. The molecule has 3 heteroatoms. The van der Waals surface area contributed by atoms with Gasteiger partial charge in [0.1, 0.15) is 0 Å². The first-order valence-electron chi connectivity index (χ1n) is 6.75. The molecule has 1 aliphatic carbocycles. The second-order valence-electron chi connectivity index (χ2n) is 4.76. The molecule has 0 amide bonds. The summed E-state index contributed by atoms with van der Waals surface area (Å²) < 4.78 is 5.13. The molecule has 98 valence electrons. The smallest absolute Gasteiger partial charge is 0.310 e. The lowest BCUT2D eigenvalue weighted by atomic mass is 10.0. The quantitative estimate of drug-likeness (QED) is 0.812. The van der Waals surface area contributed by atoms with Gasteiger partial charge in [-0.3, -0.25) is 4.79 Å². The van der Waals surface area contributed by atoms with E-state index in [9.17, 15) is 4.79 Å². The highest BCUT2D eigenvalue weighted by Gasteiger charge is 2.33. The van der Waals surface area contributed by atoms with Crippen LogP contribution >= 0.6 is 0 Å². The Hall–Kier alpha value is -1.35. The highest BCUT2D eigenvalue weighted by molar-refractivity contribution is 5.73. The van der Waals surface area contributed by atoms with E-state index < -0.39 is 0 Å². The molecule has 0 radical (unpaired) electrons. The number of carbonyl (C=O) groups is 1. The van der Waals surface area contributed by atoms with Crippen LogP contribution in [0.2, 0.25) is 0 Å².